The second-order valence-corrected chi connectivity index (χ2v) is 4.96. The van der Waals surface area contributed by atoms with Gasteiger partial charge in [0.1, 0.15) is 5.75 Å². The highest BCUT2D eigenvalue weighted by molar-refractivity contribution is 5.44. The fraction of sp³-hybridized carbons (Fsp3) is 0.571. The van der Waals surface area contributed by atoms with Crippen molar-refractivity contribution in [1.29, 1.82) is 0 Å². The minimum Gasteiger partial charge on any atom is -0.496 e. The minimum absolute atomic E-state index is 0.104. The van der Waals surface area contributed by atoms with Crippen molar-refractivity contribution >= 4 is 0 Å². The molecule has 1 atom stereocenters. The largest absolute Gasteiger partial charge is 0.496 e. The van der Waals surface area contributed by atoms with Gasteiger partial charge in [0, 0.05) is 18.0 Å². The van der Waals surface area contributed by atoms with Gasteiger partial charge in [0.25, 0.3) is 5.92 Å². The summed E-state index contributed by atoms with van der Waals surface area (Å²) < 4.78 is 34.0. The van der Waals surface area contributed by atoms with Crippen LogP contribution >= 0.6 is 0 Å². The third-order valence-electron chi connectivity index (χ3n) is 3.62. The average molecular weight is 255 g/mol. The highest BCUT2D eigenvalue weighted by Gasteiger charge is 2.42. The Morgan fingerprint density at radius 2 is 1.89 bits per heavy atom. The van der Waals surface area contributed by atoms with E-state index in [0.29, 0.717) is 25.3 Å². The SMILES string of the molecule is COc1c(C)cc(C(F)(F)C2CCNC2)cc1C. The van der Waals surface area contributed by atoms with E-state index >= 15 is 0 Å². The number of hydrogen-bond acceptors (Lipinski definition) is 2. The zero-order valence-corrected chi connectivity index (χ0v) is 11.0. The first-order valence-corrected chi connectivity index (χ1v) is 6.21. The average Bonchev–Trinajstić information content (AvgIpc) is 2.82. The first kappa shape index (κ1) is 13.3. The molecule has 1 aliphatic heterocycles. The second-order valence-electron chi connectivity index (χ2n) is 4.96. The molecule has 1 aromatic rings. The summed E-state index contributed by atoms with van der Waals surface area (Å²) in [5, 5.41) is 3.00. The molecule has 0 radical (unpaired) electrons. The van der Waals surface area contributed by atoms with E-state index in [1.165, 1.54) is 0 Å². The molecule has 0 aromatic heterocycles. The first-order chi connectivity index (χ1) is 8.46. The van der Waals surface area contributed by atoms with Crippen LogP contribution in [-0.2, 0) is 5.92 Å². The Hall–Kier alpha value is -1.16. The Bertz CT molecular complexity index is 416. The molecule has 0 bridgehead atoms. The Kier molecular flexibility index (Phi) is 3.57. The van der Waals surface area contributed by atoms with Crippen LogP contribution in [0.4, 0.5) is 8.78 Å². The van der Waals surface area contributed by atoms with Crippen molar-refractivity contribution in [3.63, 3.8) is 0 Å². The van der Waals surface area contributed by atoms with Crippen LogP contribution in [0.25, 0.3) is 0 Å². The number of rotatable bonds is 3. The second kappa shape index (κ2) is 4.84. The number of methoxy groups -OCH3 is 1. The maximum absolute atomic E-state index is 14.4. The van der Waals surface area contributed by atoms with E-state index in [1.54, 1.807) is 33.1 Å². The fourth-order valence-corrected chi connectivity index (χ4v) is 2.66. The van der Waals surface area contributed by atoms with E-state index in [2.05, 4.69) is 5.32 Å². The molecule has 0 saturated carbocycles. The number of alkyl halides is 2. The van der Waals surface area contributed by atoms with Crippen LogP contribution in [0.3, 0.4) is 0 Å². The molecule has 1 aliphatic rings. The lowest BCUT2D eigenvalue weighted by molar-refractivity contribution is -0.0576. The van der Waals surface area contributed by atoms with Crippen LogP contribution in [0.2, 0.25) is 0 Å². The van der Waals surface area contributed by atoms with Crippen LogP contribution in [0.5, 0.6) is 5.75 Å². The molecule has 1 unspecified atom stereocenters. The van der Waals surface area contributed by atoms with E-state index < -0.39 is 11.8 Å². The van der Waals surface area contributed by atoms with Gasteiger partial charge in [-0.1, -0.05) is 0 Å². The molecule has 0 aliphatic carbocycles. The van der Waals surface area contributed by atoms with Crippen molar-refractivity contribution in [2.75, 3.05) is 20.2 Å². The molecule has 0 spiro atoms. The van der Waals surface area contributed by atoms with Crippen molar-refractivity contribution in [2.45, 2.75) is 26.2 Å². The molecule has 4 heteroatoms. The molecular weight excluding hydrogens is 236 g/mol. The minimum atomic E-state index is -2.77. The standard InChI is InChI=1S/C14H19F2NO/c1-9-6-12(7-10(2)13(9)18-3)14(15,16)11-4-5-17-8-11/h6-7,11,17H,4-5,8H2,1-3H3. The topological polar surface area (TPSA) is 21.3 Å². The smallest absolute Gasteiger partial charge is 0.277 e. The summed E-state index contributed by atoms with van der Waals surface area (Å²) >= 11 is 0. The molecule has 1 heterocycles. The van der Waals surface area contributed by atoms with Crippen molar-refractivity contribution in [3.05, 3.63) is 28.8 Å². The van der Waals surface area contributed by atoms with E-state index in [4.69, 9.17) is 4.74 Å². The highest BCUT2D eigenvalue weighted by Crippen LogP contribution is 2.41. The number of nitrogens with one attached hydrogen (secondary N) is 1. The summed E-state index contributed by atoms with van der Waals surface area (Å²) in [7, 11) is 1.56. The summed E-state index contributed by atoms with van der Waals surface area (Å²) in [6, 6.07) is 3.09. The molecule has 1 N–H and O–H groups in total. The van der Waals surface area contributed by atoms with Gasteiger partial charge >= 0.3 is 0 Å². The lowest BCUT2D eigenvalue weighted by atomic mass is 9.91. The van der Waals surface area contributed by atoms with Gasteiger partial charge in [0.15, 0.2) is 0 Å². The molecule has 1 saturated heterocycles. The third-order valence-corrected chi connectivity index (χ3v) is 3.62. The lowest BCUT2D eigenvalue weighted by Crippen LogP contribution is -2.28. The Morgan fingerprint density at radius 3 is 2.33 bits per heavy atom. The highest BCUT2D eigenvalue weighted by atomic mass is 19.3. The van der Waals surface area contributed by atoms with Crippen LogP contribution in [0, 0.1) is 19.8 Å². The number of ether oxygens (including phenoxy) is 1. The van der Waals surface area contributed by atoms with Gasteiger partial charge in [-0.15, -0.1) is 0 Å². The van der Waals surface area contributed by atoms with Crippen LogP contribution < -0.4 is 10.1 Å². The van der Waals surface area contributed by atoms with Gasteiger partial charge in [-0.3, -0.25) is 0 Å². The fourth-order valence-electron chi connectivity index (χ4n) is 2.66. The molecule has 1 aromatic carbocycles. The molecule has 100 valence electrons. The zero-order chi connectivity index (χ0) is 13.3. The predicted octanol–water partition coefficient (Wildman–Crippen LogP) is 3.01. The maximum atomic E-state index is 14.4. The lowest BCUT2D eigenvalue weighted by Gasteiger charge is -2.24. The van der Waals surface area contributed by atoms with Crippen LogP contribution in [-0.4, -0.2) is 20.2 Å². The summed E-state index contributed by atoms with van der Waals surface area (Å²) in [6.45, 7) is 4.67. The van der Waals surface area contributed by atoms with Gasteiger partial charge in [0.05, 0.1) is 7.11 Å². The first-order valence-electron chi connectivity index (χ1n) is 6.21. The molecule has 2 rings (SSSR count). The Balaban J connectivity index is 2.38. The third kappa shape index (κ3) is 2.21. The summed E-state index contributed by atoms with van der Waals surface area (Å²) in [5.41, 5.74) is 1.63. The van der Waals surface area contributed by atoms with E-state index in [1.807, 2.05) is 0 Å². The monoisotopic (exact) mass is 255 g/mol. The van der Waals surface area contributed by atoms with Crippen molar-refractivity contribution in [3.8, 4) is 5.75 Å². The summed E-state index contributed by atoms with van der Waals surface area (Å²) in [5.74, 6) is -2.69. The number of hydrogen-bond donors (Lipinski definition) is 1. The van der Waals surface area contributed by atoms with Gasteiger partial charge in [-0.05, 0) is 50.1 Å². The van der Waals surface area contributed by atoms with Gasteiger partial charge in [0.2, 0.25) is 0 Å². The number of benzene rings is 1. The number of halogens is 2. The summed E-state index contributed by atoms with van der Waals surface area (Å²) in [4.78, 5) is 0. The van der Waals surface area contributed by atoms with Gasteiger partial charge in [-0.2, -0.15) is 0 Å². The Labute approximate surface area is 106 Å². The molecular formula is C14H19F2NO. The Morgan fingerprint density at radius 1 is 1.28 bits per heavy atom. The van der Waals surface area contributed by atoms with E-state index in [0.717, 1.165) is 11.1 Å². The van der Waals surface area contributed by atoms with Crippen molar-refractivity contribution < 1.29 is 13.5 Å². The molecule has 2 nitrogen and oxygen atoms in total. The van der Waals surface area contributed by atoms with Gasteiger partial charge < -0.3 is 10.1 Å². The zero-order valence-electron chi connectivity index (χ0n) is 11.0. The van der Waals surface area contributed by atoms with Gasteiger partial charge in [-0.25, -0.2) is 8.78 Å². The normalized spacial score (nSPS) is 20.2. The maximum Gasteiger partial charge on any atom is 0.277 e. The van der Waals surface area contributed by atoms with Crippen molar-refractivity contribution in [1.82, 2.24) is 5.32 Å². The molecule has 1 fully saturated rings. The predicted molar refractivity (Wildman–Crippen MR) is 67.3 cm³/mol. The molecule has 18 heavy (non-hydrogen) atoms. The van der Waals surface area contributed by atoms with Crippen LogP contribution in [0.1, 0.15) is 23.1 Å². The van der Waals surface area contributed by atoms with E-state index in [-0.39, 0.29) is 5.56 Å². The van der Waals surface area contributed by atoms with Crippen molar-refractivity contribution in [2.24, 2.45) is 5.92 Å². The van der Waals surface area contributed by atoms with E-state index in [9.17, 15) is 8.78 Å². The quantitative estimate of drug-likeness (QED) is 0.896. The summed E-state index contributed by atoms with van der Waals surface area (Å²) in [6.07, 6.45) is 0.525. The number of aryl methyl sites for hydroxylation is 2. The molecule has 0 amide bonds. The van der Waals surface area contributed by atoms with Crippen LogP contribution in [0.15, 0.2) is 12.1 Å².